The number of aromatic nitrogens is 4. The van der Waals surface area contributed by atoms with Gasteiger partial charge in [0.1, 0.15) is 17.2 Å². The molecule has 3 aromatic heterocycles. The average Bonchev–Trinajstić information content (AvgIpc) is 3.22. The molecule has 0 amide bonds. The van der Waals surface area contributed by atoms with Crippen LogP contribution in [0.25, 0.3) is 28.2 Å². The third-order valence-corrected chi connectivity index (χ3v) is 5.77. The van der Waals surface area contributed by atoms with Gasteiger partial charge in [-0.2, -0.15) is 0 Å². The number of benzene rings is 2. The predicted octanol–water partition coefficient (Wildman–Crippen LogP) is 4.22. The second-order valence-electron chi connectivity index (χ2n) is 7.58. The summed E-state index contributed by atoms with van der Waals surface area (Å²) in [5, 5.41) is 0.896. The summed E-state index contributed by atoms with van der Waals surface area (Å²) in [6.45, 7) is 1.68. The molecule has 0 fully saturated rings. The van der Waals surface area contributed by atoms with Gasteiger partial charge >= 0.3 is 5.69 Å². The first-order valence-corrected chi connectivity index (χ1v) is 10.8. The molecule has 0 aliphatic carbocycles. The summed E-state index contributed by atoms with van der Waals surface area (Å²) >= 11 is 5.97. The summed E-state index contributed by atoms with van der Waals surface area (Å²) in [5.74, 6) is 1.36. The van der Waals surface area contributed by atoms with Gasteiger partial charge in [-0.25, -0.2) is 19.3 Å². The smallest absolute Gasteiger partial charge is 0.337 e. The highest BCUT2D eigenvalue weighted by Crippen LogP contribution is 2.25. The van der Waals surface area contributed by atoms with E-state index in [1.165, 1.54) is 17.9 Å². The lowest BCUT2D eigenvalue weighted by Gasteiger charge is -2.15. The highest BCUT2D eigenvalue weighted by molar-refractivity contribution is 6.30. The second-order valence-corrected chi connectivity index (χ2v) is 8.02. The lowest BCUT2D eigenvalue weighted by molar-refractivity contribution is 0.412. The molecule has 0 N–H and O–H groups in total. The fourth-order valence-electron chi connectivity index (χ4n) is 3.80. The van der Waals surface area contributed by atoms with E-state index < -0.39 is 11.2 Å². The summed E-state index contributed by atoms with van der Waals surface area (Å²) < 4.78 is 13.8. The van der Waals surface area contributed by atoms with Gasteiger partial charge in [-0.05, 0) is 55.5 Å². The molecule has 3 heterocycles. The highest BCUT2D eigenvalue weighted by atomic mass is 35.5. The molecule has 0 spiro atoms. The lowest BCUT2D eigenvalue weighted by Crippen LogP contribution is -2.40. The fraction of sp³-hybridized carbons (Fsp3) is 0.120. The number of ether oxygens (including phenoxy) is 1. The van der Waals surface area contributed by atoms with E-state index in [1.807, 2.05) is 0 Å². The number of fused-ring (bicyclic) bond motifs is 1. The number of oxazole rings is 1. The van der Waals surface area contributed by atoms with Crippen LogP contribution in [0.4, 0.5) is 0 Å². The van der Waals surface area contributed by atoms with Crippen molar-refractivity contribution in [3.8, 4) is 22.9 Å². The first kappa shape index (κ1) is 21.7. The van der Waals surface area contributed by atoms with Gasteiger partial charge in [0.25, 0.3) is 5.56 Å². The molecule has 8 nitrogen and oxygen atoms in total. The van der Waals surface area contributed by atoms with Gasteiger partial charge in [-0.15, -0.1) is 0 Å². The largest absolute Gasteiger partial charge is 0.495 e. The molecule has 0 saturated heterocycles. The maximum absolute atomic E-state index is 13.7. The molecule has 0 bridgehead atoms. The Kier molecular flexibility index (Phi) is 5.51. The van der Waals surface area contributed by atoms with Crippen LogP contribution < -0.4 is 16.0 Å². The van der Waals surface area contributed by atoms with E-state index >= 15 is 0 Å². The number of hydrogen-bond donors (Lipinski definition) is 0. The van der Waals surface area contributed by atoms with Crippen LogP contribution in [0.2, 0.25) is 5.02 Å². The summed E-state index contributed by atoms with van der Waals surface area (Å²) in [5.41, 5.74) is 0.910. The molecule has 0 aliphatic heterocycles. The van der Waals surface area contributed by atoms with Crippen molar-refractivity contribution < 1.29 is 9.15 Å². The topological polar surface area (TPSA) is 92.1 Å². The Bertz CT molecular complexity index is 1630. The van der Waals surface area contributed by atoms with Gasteiger partial charge in [-0.3, -0.25) is 9.36 Å². The number of aryl methyl sites for hydroxylation is 1. The zero-order valence-corrected chi connectivity index (χ0v) is 19.1. The minimum absolute atomic E-state index is 0.0689. The maximum Gasteiger partial charge on any atom is 0.337 e. The van der Waals surface area contributed by atoms with E-state index in [0.717, 1.165) is 10.1 Å². The molecule has 2 aromatic carbocycles. The fourth-order valence-corrected chi connectivity index (χ4v) is 3.92. The standard InChI is InChI=1S/C25H19ClN4O4/c1-15-19(28-23(34-15)16-9-11-17(26)12-10-16)14-29-24(31)18-6-5-13-27-22(18)30(25(29)32)20-7-3-4-8-21(20)33-2/h3-13H,14H2,1-2H3. The molecule has 170 valence electrons. The van der Waals surface area contributed by atoms with Crippen molar-refractivity contribution in [1.82, 2.24) is 19.1 Å². The third-order valence-electron chi connectivity index (χ3n) is 5.51. The number of methoxy groups -OCH3 is 1. The minimum Gasteiger partial charge on any atom is -0.495 e. The molecular weight excluding hydrogens is 456 g/mol. The van der Waals surface area contributed by atoms with Crippen molar-refractivity contribution in [3.63, 3.8) is 0 Å². The molecule has 0 unspecified atom stereocenters. The van der Waals surface area contributed by atoms with Crippen LogP contribution >= 0.6 is 11.6 Å². The van der Waals surface area contributed by atoms with Crippen molar-refractivity contribution >= 4 is 22.6 Å². The highest BCUT2D eigenvalue weighted by Gasteiger charge is 2.20. The summed E-state index contributed by atoms with van der Waals surface area (Å²) in [6, 6.07) is 17.4. The number of rotatable bonds is 5. The summed E-state index contributed by atoms with van der Waals surface area (Å²) in [4.78, 5) is 35.8. The van der Waals surface area contributed by atoms with E-state index in [9.17, 15) is 9.59 Å². The minimum atomic E-state index is -0.559. The van der Waals surface area contributed by atoms with E-state index in [-0.39, 0.29) is 12.2 Å². The quantitative estimate of drug-likeness (QED) is 0.378. The Balaban J connectivity index is 1.69. The summed E-state index contributed by atoms with van der Waals surface area (Å²) in [7, 11) is 1.52. The Morgan fingerprint density at radius 1 is 1.03 bits per heavy atom. The van der Waals surface area contributed by atoms with E-state index in [1.54, 1.807) is 67.6 Å². The van der Waals surface area contributed by atoms with Crippen molar-refractivity contribution in [2.24, 2.45) is 0 Å². The van der Waals surface area contributed by atoms with Crippen molar-refractivity contribution in [1.29, 1.82) is 0 Å². The van der Waals surface area contributed by atoms with Gasteiger partial charge < -0.3 is 9.15 Å². The van der Waals surface area contributed by atoms with Crippen LogP contribution in [-0.4, -0.2) is 26.2 Å². The van der Waals surface area contributed by atoms with Crippen molar-refractivity contribution in [3.05, 3.63) is 104 Å². The predicted molar refractivity (Wildman–Crippen MR) is 129 cm³/mol. The SMILES string of the molecule is COc1ccccc1-n1c(=O)n(Cc2nc(-c3ccc(Cl)cc3)oc2C)c(=O)c2cccnc21. The van der Waals surface area contributed by atoms with E-state index in [0.29, 0.717) is 39.2 Å². The van der Waals surface area contributed by atoms with Gasteiger partial charge in [-0.1, -0.05) is 23.7 Å². The number of halogens is 1. The number of para-hydroxylation sites is 2. The van der Waals surface area contributed by atoms with Crippen LogP contribution in [-0.2, 0) is 6.54 Å². The van der Waals surface area contributed by atoms with Gasteiger partial charge in [0.05, 0.1) is 24.7 Å². The third kappa shape index (κ3) is 3.68. The Labute approximate surface area is 198 Å². The molecule has 0 atom stereocenters. The van der Waals surface area contributed by atoms with Gasteiger partial charge in [0.15, 0.2) is 5.65 Å². The molecule has 0 radical (unpaired) electrons. The molecule has 34 heavy (non-hydrogen) atoms. The molecule has 9 heteroatoms. The van der Waals surface area contributed by atoms with Crippen LogP contribution in [0, 0.1) is 6.92 Å². The number of nitrogens with zero attached hydrogens (tertiary/aromatic N) is 4. The molecule has 0 saturated carbocycles. The van der Waals surface area contributed by atoms with Crippen molar-refractivity contribution in [2.45, 2.75) is 13.5 Å². The van der Waals surface area contributed by atoms with Crippen molar-refractivity contribution in [2.75, 3.05) is 7.11 Å². The Hall–Kier alpha value is -4.17. The Morgan fingerprint density at radius 3 is 2.56 bits per heavy atom. The van der Waals surface area contributed by atoms with Gasteiger partial charge in [0.2, 0.25) is 5.89 Å². The van der Waals surface area contributed by atoms with Crippen LogP contribution in [0.1, 0.15) is 11.5 Å². The van der Waals surface area contributed by atoms with Crippen LogP contribution in [0.5, 0.6) is 5.75 Å². The second kappa shape index (κ2) is 8.64. The van der Waals surface area contributed by atoms with E-state index in [2.05, 4.69) is 9.97 Å². The normalized spacial score (nSPS) is 11.1. The van der Waals surface area contributed by atoms with Crippen LogP contribution in [0.15, 0.2) is 80.9 Å². The van der Waals surface area contributed by atoms with E-state index in [4.69, 9.17) is 20.8 Å². The molecule has 5 aromatic rings. The zero-order valence-electron chi connectivity index (χ0n) is 18.4. The molecule has 5 rings (SSSR count). The molecular formula is C25H19ClN4O4. The zero-order chi connectivity index (χ0) is 23.8. The maximum atomic E-state index is 13.7. The number of hydrogen-bond acceptors (Lipinski definition) is 6. The van der Waals surface area contributed by atoms with Gasteiger partial charge in [0, 0.05) is 16.8 Å². The molecule has 0 aliphatic rings. The summed E-state index contributed by atoms with van der Waals surface area (Å²) in [6.07, 6.45) is 1.54. The monoisotopic (exact) mass is 474 g/mol. The average molecular weight is 475 g/mol. The first-order chi connectivity index (χ1) is 16.5. The van der Waals surface area contributed by atoms with Crippen LogP contribution in [0.3, 0.4) is 0 Å². The lowest BCUT2D eigenvalue weighted by atomic mass is 10.2. The number of pyridine rings is 1. The Morgan fingerprint density at radius 2 is 1.79 bits per heavy atom. The first-order valence-electron chi connectivity index (χ1n) is 10.4.